The van der Waals surface area contributed by atoms with Gasteiger partial charge < -0.3 is 25.9 Å². The minimum Gasteiger partial charge on any atom is -0.493 e. The molecule has 1 aromatic heterocycles. The summed E-state index contributed by atoms with van der Waals surface area (Å²) in [5.41, 5.74) is 6.92. The Balaban J connectivity index is 2.43. The number of nitrogens with one attached hydrogen (secondary N) is 2. The maximum absolute atomic E-state index is 12.7. The summed E-state index contributed by atoms with van der Waals surface area (Å²) in [6, 6.07) is 3.66. The van der Waals surface area contributed by atoms with E-state index in [0.29, 0.717) is 42.1 Å². The summed E-state index contributed by atoms with van der Waals surface area (Å²) in [6.07, 6.45) is 1.48. The number of hydrogen-bond acceptors (Lipinski definition) is 6. The average Bonchev–Trinajstić information content (AvgIpc) is 2.72. The second-order valence-electron chi connectivity index (χ2n) is 6.98. The van der Waals surface area contributed by atoms with Crippen molar-refractivity contribution in [2.45, 2.75) is 46.1 Å². The molecular weight excluding hydrogens is 388 g/mol. The molecule has 5 N–H and O–H groups in total. The van der Waals surface area contributed by atoms with E-state index < -0.39 is 17.9 Å². The summed E-state index contributed by atoms with van der Waals surface area (Å²) in [5, 5.41) is 11.8. The van der Waals surface area contributed by atoms with Crippen molar-refractivity contribution < 1.29 is 19.4 Å². The molecule has 162 valence electrons. The van der Waals surface area contributed by atoms with E-state index in [1.807, 2.05) is 6.92 Å². The van der Waals surface area contributed by atoms with Gasteiger partial charge in [0.2, 0.25) is 0 Å². The molecule has 30 heavy (non-hydrogen) atoms. The lowest BCUT2D eigenvalue weighted by Crippen LogP contribution is -2.41. The van der Waals surface area contributed by atoms with Crippen LogP contribution < -0.4 is 21.3 Å². The van der Waals surface area contributed by atoms with Gasteiger partial charge in [-0.15, -0.1) is 0 Å². The maximum atomic E-state index is 12.7. The van der Waals surface area contributed by atoms with Crippen LogP contribution in [-0.4, -0.2) is 46.1 Å². The maximum Gasteiger partial charge on any atom is 0.326 e. The van der Waals surface area contributed by atoms with Gasteiger partial charge in [-0.2, -0.15) is 0 Å². The van der Waals surface area contributed by atoms with Crippen molar-refractivity contribution in [1.82, 2.24) is 15.3 Å². The number of H-pyrrole nitrogens is 1. The first-order valence-corrected chi connectivity index (χ1v) is 9.86. The molecule has 1 aromatic carbocycles. The Kier molecular flexibility index (Phi) is 8.11. The smallest absolute Gasteiger partial charge is 0.326 e. The fraction of sp³-hybridized carbons (Fsp3) is 0.429. The monoisotopic (exact) mass is 416 g/mol. The molecule has 0 aliphatic heterocycles. The third kappa shape index (κ3) is 5.66. The molecular formula is C21H28N4O5. The summed E-state index contributed by atoms with van der Waals surface area (Å²) in [5.74, 6) is -0.923. The lowest BCUT2D eigenvalue weighted by atomic mass is 10.1. The fourth-order valence-corrected chi connectivity index (χ4v) is 2.79. The summed E-state index contributed by atoms with van der Waals surface area (Å²) >= 11 is 0. The first-order valence-electron chi connectivity index (χ1n) is 9.86. The number of aromatic amines is 1. The second-order valence-corrected chi connectivity index (χ2v) is 6.98. The van der Waals surface area contributed by atoms with Crippen LogP contribution in [-0.2, 0) is 4.79 Å². The number of aliphatic carboxylic acids is 1. The van der Waals surface area contributed by atoms with Gasteiger partial charge in [-0.25, -0.2) is 9.78 Å². The number of benzene rings is 1. The van der Waals surface area contributed by atoms with Gasteiger partial charge in [0.1, 0.15) is 17.6 Å². The van der Waals surface area contributed by atoms with Crippen molar-refractivity contribution in [3.8, 4) is 17.1 Å². The molecule has 0 aliphatic carbocycles. The highest BCUT2D eigenvalue weighted by atomic mass is 16.5. The summed E-state index contributed by atoms with van der Waals surface area (Å²) in [4.78, 5) is 43.4. The van der Waals surface area contributed by atoms with Crippen LogP contribution in [0.15, 0.2) is 23.0 Å². The zero-order chi connectivity index (χ0) is 22.3. The van der Waals surface area contributed by atoms with Gasteiger partial charge in [-0.05, 0) is 57.9 Å². The average molecular weight is 416 g/mol. The molecule has 0 fully saturated rings. The van der Waals surface area contributed by atoms with Crippen LogP contribution in [0.4, 0.5) is 0 Å². The van der Waals surface area contributed by atoms with E-state index in [0.717, 1.165) is 6.42 Å². The Hall–Kier alpha value is -3.20. The van der Waals surface area contributed by atoms with E-state index >= 15 is 0 Å². The number of carbonyl (C=O) groups is 2. The predicted molar refractivity (Wildman–Crippen MR) is 113 cm³/mol. The SMILES string of the molecule is CCCOc1ccc(C(=O)NC(CCCN)C(=O)O)cc1-c1nc(C)c(C)c(=O)[nH]1. The minimum atomic E-state index is -1.12. The Bertz CT molecular complexity index is 970. The third-order valence-electron chi connectivity index (χ3n) is 4.65. The van der Waals surface area contributed by atoms with E-state index in [4.69, 9.17) is 10.5 Å². The van der Waals surface area contributed by atoms with Crippen LogP contribution in [0.1, 0.15) is 47.8 Å². The molecule has 9 heteroatoms. The Labute approximate surface area is 174 Å². The largest absolute Gasteiger partial charge is 0.493 e. The van der Waals surface area contributed by atoms with E-state index in [9.17, 15) is 19.5 Å². The molecule has 1 amide bonds. The Morgan fingerprint density at radius 1 is 1.33 bits per heavy atom. The molecule has 1 atom stereocenters. The molecule has 0 bridgehead atoms. The summed E-state index contributed by atoms with van der Waals surface area (Å²) in [6.45, 7) is 6.15. The normalized spacial score (nSPS) is 11.7. The van der Waals surface area contributed by atoms with E-state index in [2.05, 4.69) is 15.3 Å². The number of rotatable bonds is 10. The number of aryl methyl sites for hydroxylation is 1. The van der Waals surface area contributed by atoms with Gasteiger partial charge >= 0.3 is 5.97 Å². The van der Waals surface area contributed by atoms with E-state index in [-0.39, 0.29) is 23.4 Å². The van der Waals surface area contributed by atoms with Gasteiger partial charge in [0.05, 0.1) is 12.2 Å². The van der Waals surface area contributed by atoms with Gasteiger partial charge in [-0.3, -0.25) is 9.59 Å². The summed E-state index contributed by atoms with van der Waals surface area (Å²) in [7, 11) is 0. The van der Waals surface area contributed by atoms with Crippen LogP contribution in [0.5, 0.6) is 5.75 Å². The highest BCUT2D eigenvalue weighted by molar-refractivity contribution is 5.98. The van der Waals surface area contributed by atoms with Crippen LogP contribution in [0, 0.1) is 13.8 Å². The topological polar surface area (TPSA) is 147 Å². The number of ether oxygens (including phenoxy) is 1. The minimum absolute atomic E-state index is 0.230. The second kappa shape index (κ2) is 10.5. The molecule has 0 spiro atoms. The highest BCUT2D eigenvalue weighted by Gasteiger charge is 2.21. The fourth-order valence-electron chi connectivity index (χ4n) is 2.79. The first-order chi connectivity index (χ1) is 14.3. The Morgan fingerprint density at radius 2 is 2.07 bits per heavy atom. The molecule has 9 nitrogen and oxygen atoms in total. The molecule has 1 heterocycles. The standard InChI is InChI=1S/C21H28N4O5/c1-4-10-30-17-8-7-14(20(27)24-16(21(28)29)6-5-9-22)11-15(17)18-23-13(3)12(2)19(26)25-18/h7-8,11,16H,4-6,9-10,22H2,1-3H3,(H,24,27)(H,28,29)(H,23,25,26). The molecule has 0 saturated heterocycles. The number of carboxylic acid groups (broad SMARTS) is 1. The number of nitrogens with two attached hydrogens (primary N) is 1. The van der Waals surface area contributed by atoms with Crippen molar-refractivity contribution in [3.05, 3.63) is 45.4 Å². The van der Waals surface area contributed by atoms with Crippen molar-refractivity contribution >= 4 is 11.9 Å². The lowest BCUT2D eigenvalue weighted by molar-refractivity contribution is -0.139. The van der Waals surface area contributed by atoms with Crippen LogP contribution in [0.2, 0.25) is 0 Å². The third-order valence-corrected chi connectivity index (χ3v) is 4.65. The number of hydrogen-bond donors (Lipinski definition) is 4. The van der Waals surface area contributed by atoms with Crippen molar-refractivity contribution in [1.29, 1.82) is 0 Å². The molecule has 0 aliphatic rings. The van der Waals surface area contributed by atoms with Crippen LogP contribution >= 0.6 is 0 Å². The number of aromatic nitrogens is 2. The predicted octanol–water partition coefficient (Wildman–Crippen LogP) is 1.76. The quantitative estimate of drug-likeness (QED) is 0.461. The molecule has 0 radical (unpaired) electrons. The summed E-state index contributed by atoms with van der Waals surface area (Å²) < 4.78 is 5.76. The van der Waals surface area contributed by atoms with E-state index in [1.165, 1.54) is 6.07 Å². The zero-order valence-electron chi connectivity index (χ0n) is 17.4. The Morgan fingerprint density at radius 3 is 2.67 bits per heavy atom. The number of carboxylic acids is 1. The zero-order valence-corrected chi connectivity index (χ0v) is 17.4. The molecule has 2 aromatic rings. The van der Waals surface area contributed by atoms with Crippen LogP contribution in [0.25, 0.3) is 11.4 Å². The van der Waals surface area contributed by atoms with Crippen molar-refractivity contribution in [2.24, 2.45) is 5.73 Å². The van der Waals surface area contributed by atoms with Gasteiger partial charge in [0.25, 0.3) is 11.5 Å². The molecule has 2 rings (SSSR count). The first kappa shape index (κ1) is 23.1. The van der Waals surface area contributed by atoms with E-state index in [1.54, 1.807) is 26.0 Å². The van der Waals surface area contributed by atoms with Gasteiger partial charge in [0.15, 0.2) is 0 Å². The number of carbonyl (C=O) groups excluding carboxylic acids is 1. The number of amides is 1. The van der Waals surface area contributed by atoms with Crippen LogP contribution in [0.3, 0.4) is 0 Å². The molecule has 1 unspecified atom stereocenters. The van der Waals surface area contributed by atoms with Crippen molar-refractivity contribution in [2.75, 3.05) is 13.2 Å². The van der Waals surface area contributed by atoms with Gasteiger partial charge in [0, 0.05) is 16.8 Å². The number of nitrogens with zero attached hydrogens (tertiary/aromatic N) is 1. The van der Waals surface area contributed by atoms with Crippen molar-refractivity contribution in [3.63, 3.8) is 0 Å². The highest BCUT2D eigenvalue weighted by Crippen LogP contribution is 2.29. The molecule has 0 saturated carbocycles. The lowest BCUT2D eigenvalue weighted by Gasteiger charge is -2.16. The van der Waals surface area contributed by atoms with Gasteiger partial charge in [-0.1, -0.05) is 6.92 Å².